The van der Waals surface area contributed by atoms with Crippen molar-refractivity contribution in [1.82, 2.24) is 4.90 Å². The third-order valence-corrected chi connectivity index (χ3v) is 4.84. The Morgan fingerprint density at radius 1 is 1.21 bits per heavy atom. The minimum Gasteiger partial charge on any atom is -0.490 e. The van der Waals surface area contributed by atoms with Gasteiger partial charge >= 0.3 is 5.97 Å². The van der Waals surface area contributed by atoms with Crippen molar-refractivity contribution >= 4 is 46.6 Å². The van der Waals surface area contributed by atoms with Gasteiger partial charge < -0.3 is 14.2 Å². The number of carbonyl (C=O) groups excluding carboxylic acids is 3. The zero-order valence-electron chi connectivity index (χ0n) is 16.8. The molecule has 1 saturated heterocycles. The zero-order valence-corrected chi connectivity index (χ0v) is 18.4. The summed E-state index contributed by atoms with van der Waals surface area (Å²) in [6.07, 6.45) is 1.54. The van der Waals surface area contributed by atoms with Gasteiger partial charge in [-0.2, -0.15) is 0 Å². The molecule has 0 aliphatic carbocycles. The van der Waals surface area contributed by atoms with E-state index in [9.17, 15) is 14.4 Å². The first-order valence-electron chi connectivity index (χ1n) is 9.26. The number of rotatable bonds is 9. The van der Waals surface area contributed by atoms with E-state index in [1.165, 1.54) is 6.08 Å². The van der Waals surface area contributed by atoms with Crippen molar-refractivity contribution in [1.29, 1.82) is 0 Å². The lowest BCUT2D eigenvalue weighted by Gasteiger charge is -2.13. The van der Waals surface area contributed by atoms with Crippen LogP contribution in [-0.2, 0) is 14.3 Å². The summed E-state index contributed by atoms with van der Waals surface area (Å²) in [6.45, 7) is 8.11. The Bertz CT molecular complexity index is 823. The molecule has 9 heteroatoms. The molecule has 1 aromatic carbocycles. The first-order valence-corrected chi connectivity index (χ1v) is 10.5. The number of thioether (sulfide) groups is 1. The van der Waals surface area contributed by atoms with Gasteiger partial charge in [-0.05, 0) is 55.3 Å². The van der Waals surface area contributed by atoms with Gasteiger partial charge in [0.2, 0.25) is 0 Å². The van der Waals surface area contributed by atoms with Crippen LogP contribution in [0.15, 0.2) is 17.0 Å². The number of imide groups is 1. The molecule has 158 valence electrons. The quantitative estimate of drug-likeness (QED) is 0.415. The summed E-state index contributed by atoms with van der Waals surface area (Å²) < 4.78 is 16.1. The number of hydrogen-bond donors (Lipinski definition) is 0. The minimum atomic E-state index is -0.620. The van der Waals surface area contributed by atoms with Crippen LogP contribution >= 0.6 is 23.4 Å². The van der Waals surface area contributed by atoms with Crippen LogP contribution in [0.1, 0.15) is 33.3 Å². The zero-order chi connectivity index (χ0) is 21.6. The average Bonchev–Trinajstić information content (AvgIpc) is 2.90. The molecule has 2 rings (SSSR count). The molecule has 0 bridgehead atoms. The molecule has 1 aromatic rings. The predicted molar refractivity (Wildman–Crippen MR) is 112 cm³/mol. The van der Waals surface area contributed by atoms with Gasteiger partial charge in [0, 0.05) is 0 Å². The highest BCUT2D eigenvalue weighted by atomic mass is 35.5. The SMILES string of the molecule is CCOc1cc(/C=C2/SC(=O)N(CC(=O)OCC(C)C)C2=O)cc(Cl)c1OCC. The second kappa shape index (κ2) is 10.5. The predicted octanol–water partition coefficient (Wildman–Crippen LogP) is 4.37. The molecule has 1 fully saturated rings. The fraction of sp³-hybridized carbons (Fsp3) is 0.450. The maximum Gasteiger partial charge on any atom is 0.326 e. The van der Waals surface area contributed by atoms with E-state index in [4.69, 9.17) is 25.8 Å². The van der Waals surface area contributed by atoms with E-state index in [0.29, 0.717) is 35.3 Å². The normalized spacial score (nSPS) is 15.4. The van der Waals surface area contributed by atoms with Crippen LogP contribution in [0.25, 0.3) is 6.08 Å². The van der Waals surface area contributed by atoms with Crippen molar-refractivity contribution in [3.05, 3.63) is 27.6 Å². The summed E-state index contributed by atoms with van der Waals surface area (Å²) in [5.74, 6) is -0.133. The maximum absolute atomic E-state index is 12.6. The Balaban J connectivity index is 2.21. The summed E-state index contributed by atoms with van der Waals surface area (Å²) in [6, 6.07) is 3.31. The van der Waals surface area contributed by atoms with Gasteiger partial charge in [-0.3, -0.25) is 19.3 Å². The van der Waals surface area contributed by atoms with Gasteiger partial charge in [-0.25, -0.2) is 0 Å². The molecular weight excluding hydrogens is 418 g/mol. The third kappa shape index (κ3) is 6.14. The Kier molecular flexibility index (Phi) is 8.40. The van der Waals surface area contributed by atoms with Gasteiger partial charge in [0.1, 0.15) is 6.54 Å². The highest BCUT2D eigenvalue weighted by Crippen LogP contribution is 2.39. The number of ether oxygens (including phenoxy) is 3. The summed E-state index contributed by atoms with van der Waals surface area (Å²) in [5, 5.41) is -0.189. The molecule has 1 aliphatic rings. The van der Waals surface area contributed by atoms with Gasteiger partial charge in [0.15, 0.2) is 11.5 Å². The van der Waals surface area contributed by atoms with Crippen molar-refractivity contribution in [2.75, 3.05) is 26.4 Å². The van der Waals surface area contributed by atoms with Crippen molar-refractivity contribution in [3.63, 3.8) is 0 Å². The summed E-state index contributed by atoms with van der Waals surface area (Å²) in [5.41, 5.74) is 0.579. The molecule has 0 saturated carbocycles. The highest BCUT2D eigenvalue weighted by Gasteiger charge is 2.36. The maximum atomic E-state index is 12.6. The smallest absolute Gasteiger partial charge is 0.326 e. The second-order valence-electron chi connectivity index (χ2n) is 6.54. The van der Waals surface area contributed by atoms with Gasteiger partial charge in [0.25, 0.3) is 11.1 Å². The summed E-state index contributed by atoms with van der Waals surface area (Å²) in [7, 11) is 0. The molecule has 29 heavy (non-hydrogen) atoms. The lowest BCUT2D eigenvalue weighted by molar-refractivity contribution is -0.147. The van der Waals surface area contributed by atoms with Crippen molar-refractivity contribution in [2.45, 2.75) is 27.7 Å². The van der Waals surface area contributed by atoms with E-state index in [2.05, 4.69) is 0 Å². The molecule has 7 nitrogen and oxygen atoms in total. The van der Waals surface area contributed by atoms with Gasteiger partial charge in [-0.15, -0.1) is 0 Å². The van der Waals surface area contributed by atoms with Gasteiger partial charge in [-0.1, -0.05) is 25.4 Å². The largest absolute Gasteiger partial charge is 0.490 e. The average molecular weight is 442 g/mol. The van der Waals surface area contributed by atoms with Gasteiger partial charge in [0.05, 0.1) is 29.7 Å². The second-order valence-corrected chi connectivity index (χ2v) is 7.94. The van der Waals surface area contributed by atoms with Crippen LogP contribution in [0.2, 0.25) is 5.02 Å². The fourth-order valence-corrected chi connectivity index (χ4v) is 3.55. The molecule has 0 atom stereocenters. The number of nitrogens with zero attached hydrogens (tertiary/aromatic N) is 1. The van der Waals surface area contributed by atoms with Crippen LogP contribution in [0.3, 0.4) is 0 Å². The molecule has 1 aliphatic heterocycles. The van der Waals surface area contributed by atoms with Crippen molar-refractivity contribution < 1.29 is 28.6 Å². The van der Waals surface area contributed by atoms with Crippen LogP contribution < -0.4 is 9.47 Å². The van der Waals surface area contributed by atoms with E-state index in [1.807, 2.05) is 27.7 Å². The van der Waals surface area contributed by atoms with E-state index < -0.39 is 23.7 Å². The molecule has 0 aromatic heterocycles. The number of halogens is 1. The number of esters is 1. The highest BCUT2D eigenvalue weighted by molar-refractivity contribution is 8.18. The standard InChI is InChI=1S/C20H24ClNO6S/c1-5-26-15-8-13(7-14(21)18(15)27-6-2)9-16-19(24)22(20(25)29-16)10-17(23)28-11-12(3)4/h7-9,12H,5-6,10-11H2,1-4H3/b16-9+. The number of benzene rings is 1. The Morgan fingerprint density at radius 2 is 1.90 bits per heavy atom. The lowest BCUT2D eigenvalue weighted by Crippen LogP contribution is -2.34. The van der Waals surface area contributed by atoms with E-state index in [-0.39, 0.29) is 17.4 Å². The Labute approximate surface area is 179 Å². The first kappa shape index (κ1) is 23.1. The number of hydrogen-bond acceptors (Lipinski definition) is 7. The van der Waals surface area contributed by atoms with Crippen LogP contribution in [-0.4, -0.2) is 48.4 Å². The molecule has 0 radical (unpaired) electrons. The summed E-state index contributed by atoms with van der Waals surface area (Å²) in [4.78, 5) is 37.7. The topological polar surface area (TPSA) is 82.1 Å². The first-order chi connectivity index (χ1) is 13.8. The van der Waals surface area contributed by atoms with Crippen LogP contribution in [0.5, 0.6) is 11.5 Å². The molecular formula is C20H24ClNO6S. The summed E-state index contributed by atoms with van der Waals surface area (Å²) >= 11 is 7.05. The third-order valence-electron chi connectivity index (χ3n) is 3.66. The van der Waals surface area contributed by atoms with Crippen molar-refractivity contribution in [2.24, 2.45) is 5.92 Å². The fourth-order valence-electron chi connectivity index (χ4n) is 2.44. The lowest BCUT2D eigenvalue weighted by atomic mass is 10.1. The minimum absolute atomic E-state index is 0.165. The molecule has 0 unspecified atom stereocenters. The number of amides is 2. The Hall–Kier alpha value is -2.19. The van der Waals surface area contributed by atoms with E-state index >= 15 is 0 Å². The van der Waals surface area contributed by atoms with Crippen molar-refractivity contribution in [3.8, 4) is 11.5 Å². The molecule has 2 amide bonds. The van der Waals surface area contributed by atoms with E-state index in [0.717, 1.165) is 16.7 Å². The monoisotopic (exact) mass is 441 g/mol. The van der Waals surface area contributed by atoms with Crippen LogP contribution in [0.4, 0.5) is 4.79 Å². The van der Waals surface area contributed by atoms with E-state index in [1.54, 1.807) is 12.1 Å². The molecule has 0 N–H and O–H groups in total. The van der Waals surface area contributed by atoms with Crippen LogP contribution in [0, 0.1) is 5.92 Å². The molecule has 1 heterocycles. The number of carbonyl (C=O) groups is 3. The molecule has 0 spiro atoms. The Morgan fingerprint density at radius 3 is 2.52 bits per heavy atom.